The molecule has 10 nitrogen and oxygen atoms in total. The number of carbonyl (C=O) groups excluding carboxylic acids is 2. The minimum absolute atomic E-state index is 0.0244. The zero-order valence-corrected chi connectivity index (χ0v) is 20.1. The number of ketones is 1. The number of carboxylic acid groups (broad SMARTS) is 2. The molecule has 0 aliphatic carbocycles. The molecule has 1 atom stereocenters. The fourth-order valence-corrected chi connectivity index (χ4v) is 2.74. The molecule has 0 spiro atoms. The molecule has 0 radical (unpaired) electrons. The van der Waals surface area contributed by atoms with E-state index < -0.39 is 32.4 Å². The SMILES string of the molecule is CC(CC(=O)Oc1cc(Cl)ccc1C(=O)O)c1ccc([N+](=O)[O-])cc1.O=C(O)C(=O)C(Cl)(Cl)Cl. The van der Waals surface area contributed by atoms with Gasteiger partial charge >= 0.3 is 17.9 Å². The molecule has 0 aromatic heterocycles. The van der Waals surface area contributed by atoms with Gasteiger partial charge in [0.15, 0.2) is 0 Å². The fourth-order valence-electron chi connectivity index (χ4n) is 2.34. The molecule has 2 rings (SSSR count). The smallest absolute Gasteiger partial charge is 0.376 e. The molecule has 2 aromatic rings. The number of halogens is 4. The molecule has 2 N–H and O–H groups in total. The normalized spacial score (nSPS) is 11.4. The highest BCUT2D eigenvalue weighted by molar-refractivity contribution is 6.81. The Kier molecular flexibility index (Phi) is 10.7. The van der Waals surface area contributed by atoms with Crippen molar-refractivity contribution in [3.63, 3.8) is 0 Å². The van der Waals surface area contributed by atoms with Crippen LogP contribution in [0.1, 0.15) is 35.2 Å². The van der Waals surface area contributed by atoms with Crippen molar-refractivity contribution in [3.05, 3.63) is 68.7 Å². The van der Waals surface area contributed by atoms with Crippen molar-refractivity contribution in [1.82, 2.24) is 0 Å². The van der Waals surface area contributed by atoms with Crippen molar-refractivity contribution in [2.45, 2.75) is 23.1 Å². The van der Waals surface area contributed by atoms with E-state index in [1.807, 2.05) is 0 Å². The highest BCUT2D eigenvalue weighted by atomic mass is 35.6. The van der Waals surface area contributed by atoms with Gasteiger partial charge in [-0.05, 0) is 23.6 Å². The summed E-state index contributed by atoms with van der Waals surface area (Å²) < 4.78 is 2.79. The van der Waals surface area contributed by atoms with E-state index >= 15 is 0 Å². The van der Waals surface area contributed by atoms with Gasteiger partial charge in [0.05, 0.1) is 11.3 Å². The molecule has 2 aromatic carbocycles. The minimum Gasteiger partial charge on any atom is -0.478 e. The van der Waals surface area contributed by atoms with Crippen LogP contribution in [-0.4, -0.2) is 42.6 Å². The zero-order chi connectivity index (χ0) is 26.2. The first-order valence-electron chi connectivity index (χ1n) is 8.95. The molecule has 0 saturated carbocycles. The summed E-state index contributed by atoms with van der Waals surface area (Å²) in [6.45, 7) is 1.76. The molecule has 0 aliphatic heterocycles. The van der Waals surface area contributed by atoms with Crippen LogP contribution in [0.4, 0.5) is 5.69 Å². The van der Waals surface area contributed by atoms with Crippen LogP contribution in [-0.2, 0) is 14.4 Å². The Labute approximate surface area is 212 Å². The van der Waals surface area contributed by atoms with Crippen molar-refractivity contribution in [3.8, 4) is 5.75 Å². The summed E-state index contributed by atoms with van der Waals surface area (Å²) in [6.07, 6.45) is -0.0244. The Hall–Kier alpha value is -2.92. The number of non-ortho nitro benzene ring substituents is 1. The number of aromatic carboxylic acids is 1. The number of rotatable bonds is 7. The van der Waals surface area contributed by atoms with Gasteiger partial charge in [0.1, 0.15) is 11.3 Å². The molecule has 182 valence electrons. The third-order valence-electron chi connectivity index (χ3n) is 4.00. The molecule has 0 saturated heterocycles. The molecular formula is C20H15Cl4NO9. The minimum atomic E-state index is -2.34. The number of alkyl halides is 3. The fraction of sp³-hybridized carbons (Fsp3) is 0.200. The number of Topliss-reactive ketones (excluding diaryl/α,β-unsaturated/α-hetero) is 1. The highest BCUT2D eigenvalue weighted by Crippen LogP contribution is 2.27. The number of hydrogen-bond acceptors (Lipinski definition) is 7. The summed E-state index contributed by atoms with van der Waals surface area (Å²) in [6, 6.07) is 9.76. The van der Waals surface area contributed by atoms with E-state index in [0.29, 0.717) is 0 Å². The van der Waals surface area contributed by atoms with Crippen molar-refractivity contribution >= 4 is 75.8 Å². The number of carboxylic acids is 2. The summed E-state index contributed by atoms with van der Waals surface area (Å²) in [5.41, 5.74) is 0.524. The van der Waals surface area contributed by atoms with Crippen LogP contribution in [0.2, 0.25) is 5.02 Å². The van der Waals surface area contributed by atoms with Gasteiger partial charge < -0.3 is 14.9 Å². The van der Waals surface area contributed by atoms with Gasteiger partial charge in [0.25, 0.3) is 15.3 Å². The molecule has 0 heterocycles. The average molecular weight is 555 g/mol. The summed E-state index contributed by atoms with van der Waals surface area (Å²) in [4.78, 5) is 53.3. The Morgan fingerprint density at radius 1 is 1.06 bits per heavy atom. The van der Waals surface area contributed by atoms with Gasteiger partial charge in [-0.1, -0.05) is 65.5 Å². The molecule has 0 amide bonds. The maximum absolute atomic E-state index is 12.1. The predicted octanol–water partition coefficient (Wildman–Crippen LogP) is 5.06. The van der Waals surface area contributed by atoms with E-state index in [2.05, 4.69) is 0 Å². The monoisotopic (exact) mass is 553 g/mol. The first-order valence-corrected chi connectivity index (χ1v) is 10.5. The van der Waals surface area contributed by atoms with E-state index in [0.717, 1.165) is 5.56 Å². The van der Waals surface area contributed by atoms with Gasteiger partial charge in [-0.2, -0.15) is 0 Å². The first-order chi connectivity index (χ1) is 15.6. The van der Waals surface area contributed by atoms with Gasteiger partial charge in [0, 0.05) is 23.2 Å². The predicted molar refractivity (Wildman–Crippen MR) is 123 cm³/mol. The lowest BCUT2D eigenvalue weighted by molar-refractivity contribution is -0.384. The van der Waals surface area contributed by atoms with E-state index in [1.54, 1.807) is 19.1 Å². The third kappa shape index (κ3) is 9.14. The van der Waals surface area contributed by atoms with Crippen LogP contribution in [0.3, 0.4) is 0 Å². The standard InChI is InChI=1S/C17H14ClNO6.C3HCl3O3/c1-10(11-2-5-13(6-3-11)19(23)24)8-16(20)25-15-9-12(18)4-7-14(15)17(21)22;4-3(5,6)1(7)2(8)9/h2-7,9-10H,8H2,1H3,(H,21,22);(H,8,9). The molecule has 0 bridgehead atoms. The van der Waals surface area contributed by atoms with E-state index in [4.69, 9.17) is 61.4 Å². The first kappa shape index (κ1) is 29.1. The lowest BCUT2D eigenvalue weighted by Gasteiger charge is -2.12. The number of nitrogens with zero attached hydrogens (tertiary/aromatic N) is 1. The van der Waals surface area contributed by atoms with Gasteiger partial charge in [0.2, 0.25) is 0 Å². The number of carbonyl (C=O) groups is 4. The number of nitro benzene ring substituents is 1. The number of aliphatic carboxylic acids is 1. The van der Waals surface area contributed by atoms with E-state index in [9.17, 15) is 29.3 Å². The van der Waals surface area contributed by atoms with Crippen molar-refractivity contribution < 1.29 is 39.1 Å². The summed E-state index contributed by atoms with van der Waals surface area (Å²) in [5, 5.41) is 27.9. The summed E-state index contributed by atoms with van der Waals surface area (Å²) in [5.74, 6) is -5.46. The molecule has 0 aliphatic rings. The lowest BCUT2D eigenvalue weighted by atomic mass is 9.98. The Morgan fingerprint density at radius 2 is 1.62 bits per heavy atom. The van der Waals surface area contributed by atoms with Crippen molar-refractivity contribution in [2.24, 2.45) is 0 Å². The van der Waals surface area contributed by atoms with Gasteiger partial charge in [-0.15, -0.1) is 0 Å². The zero-order valence-electron chi connectivity index (χ0n) is 17.0. The van der Waals surface area contributed by atoms with Crippen molar-refractivity contribution in [2.75, 3.05) is 0 Å². The summed E-state index contributed by atoms with van der Waals surface area (Å²) >= 11 is 20.4. The molecule has 1 unspecified atom stereocenters. The number of esters is 1. The van der Waals surface area contributed by atoms with Crippen LogP contribution < -0.4 is 4.74 Å². The van der Waals surface area contributed by atoms with E-state index in [1.165, 1.54) is 30.3 Å². The van der Waals surface area contributed by atoms with Crippen LogP contribution in [0.15, 0.2) is 42.5 Å². The van der Waals surface area contributed by atoms with Crippen molar-refractivity contribution in [1.29, 1.82) is 0 Å². The Balaban J connectivity index is 0.000000546. The number of benzene rings is 2. The van der Waals surface area contributed by atoms with Gasteiger partial charge in [-0.25, -0.2) is 9.59 Å². The summed E-state index contributed by atoms with van der Waals surface area (Å²) in [7, 11) is 0. The van der Waals surface area contributed by atoms with Crippen LogP contribution in [0.25, 0.3) is 0 Å². The third-order valence-corrected chi connectivity index (χ3v) is 4.75. The second kappa shape index (κ2) is 12.5. The van der Waals surface area contributed by atoms with Gasteiger partial charge in [-0.3, -0.25) is 19.7 Å². The molecule has 0 fully saturated rings. The Morgan fingerprint density at radius 3 is 2.03 bits per heavy atom. The average Bonchev–Trinajstić information content (AvgIpc) is 2.72. The second-order valence-electron chi connectivity index (χ2n) is 6.51. The second-order valence-corrected chi connectivity index (χ2v) is 9.22. The maximum atomic E-state index is 12.1. The topological polar surface area (TPSA) is 161 Å². The van der Waals surface area contributed by atoms with Crippen LogP contribution in [0, 0.1) is 10.1 Å². The van der Waals surface area contributed by atoms with E-state index in [-0.39, 0.29) is 34.4 Å². The number of nitro groups is 1. The Bertz CT molecular complexity index is 1100. The molecular weight excluding hydrogens is 540 g/mol. The van der Waals surface area contributed by atoms with Crippen LogP contribution in [0.5, 0.6) is 5.75 Å². The number of ether oxygens (including phenoxy) is 1. The largest absolute Gasteiger partial charge is 0.478 e. The number of hydrogen-bond donors (Lipinski definition) is 2. The lowest BCUT2D eigenvalue weighted by Crippen LogP contribution is -2.27. The molecule has 14 heteroatoms. The van der Waals surface area contributed by atoms with Crippen LogP contribution >= 0.6 is 46.4 Å². The molecule has 34 heavy (non-hydrogen) atoms. The quantitative estimate of drug-likeness (QED) is 0.119. The maximum Gasteiger partial charge on any atom is 0.376 e. The highest BCUT2D eigenvalue weighted by Gasteiger charge is 2.36.